The van der Waals surface area contributed by atoms with Crippen molar-refractivity contribution in [1.82, 2.24) is 0 Å². The Morgan fingerprint density at radius 3 is 2.53 bits per heavy atom. The Balaban J connectivity index is 3.00. The minimum Gasteiger partial charge on any atom is -0.323 e. The van der Waals surface area contributed by atoms with Crippen molar-refractivity contribution in [2.24, 2.45) is 5.73 Å². The number of hydrogen-bond acceptors (Lipinski definition) is 2. The van der Waals surface area contributed by atoms with Gasteiger partial charge in [-0.3, -0.25) is 4.79 Å². The maximum Gasteiger partial charge on any atom is 0.241 e. The van der Waals surface area contributed by atoms with Gasteiger partial charge < -0.3 is 11.1 Å². The van der Waals surface area contributed by atoms with Crippen LogP contribution in [0.2, 0.25) is 5.02 Å². The number of hydrogen-bond donors (Lipinski definition) is 2. The smallest absolute Gasteiger partial charge is 0.241 e. The molecule has 1 aromatic rings. The van der Waals surface area contributed by atoms with Crippen LogP contribution >= 0.6 is 11.6 Å². The molecule has 0 aromatic heterocycles. The summed E-state index contributed by atoms with van der Waals surface area (Å²) in [5.41, 5.74) is 8.11. The molecule has 1 amide bonds. The quantitative estimate of drug-likeness (QED) is 0.813. The van der Waals surface area contributed by atoms with Gasteiger partial charge in [0, 0.05) is 0 Å². The molecule has 0 aliphatic heterocycles. The average molecular weight is 227 g/mol. The molecule has 0 aliphatic carbocycles. The van der Waals surface area contributed by atoms with Crippen molar-refractivity contribution >= 4 is 23.2 Å². The van der Waals surface area contributed by atoms with E-state index in [9.17, 15) is 4.79 Å². The van der Waals surface area contributed by atoms with Crippen molar-refractivity contribution < 1.29 is 4.79 Å². The molecule has 0 heterocycles. The molecule has 0 saturated heterocycles. The van der Waals surface area contributed by atoms with Gasteiger partial charge in [-0.15, -0.1) is 0 Å². The minimum absolute atomic E-state index is 0.233. The van der Waals surface area contributed by atoms with E-state index in [1.807, 2.05) is 26.0 Å². The van der Waals surface area contributed by atoms with Gasteiger partial charge in [0.05, 0.1) is 16.8 Å². The first kappa shape index (κ1) is 12.0. The van der Waals surface area contributed by atoms with Crippen molar-refractivity contribution in [2.45, 2.75) is 26.8 Å². The van der Waals surface area contributed by atoms with Crippen LogP contribution in [0, 0.1) is 13.8 Å². The van der Waals surface area contributed by atoms with Gasteiger partial charge in [-0.1, -0.05) is 17.7 Å². The van der Waals surface area contributed by atoms with E-state index in [0.717, 1.165) is 11.1 Å². The molecule has 0 aliphatic rings. The number of rotatable bonds is 2. The van der Waals surface area contributed by atoms with Gasteiger partial charge in [-0.25, -0.2) is 0 Å². The molecule has 1 aromatic carbocycles. The number of anilines is 1. The second kappa shape index (κ2) is 4.64. The zero-order valence-corrected chi connectivity index (χ0v) is 9.85. The van der Waals surface area contributed by atoms with E-state index in [1.165, 1.54) is 0 Å². The molecule has 0 radical (unpaired) electrons. The third kappa shape index (κ3) is 2.94. The maximum absolute atomic E-state index is 11.4. The number of amides is 1. The van der Waals surface area contributed by atoms with Crippen molar-refractivity contribution in [2.75, 3.05) is 5.32 Å². The van der Waals surface area contributed by atoms with Crippen LogP contribution in [0.4, 0.5) is 5.69 Å². The summed E-state index contributed by atoms with van der Waals surface area (Å²) in [4.78, 5) is 11.4. The van der Waals surface area contributed by atoms with Crippen LogP contribution in [-0.4, -0.2) is 11.9 Å². The maximum atomic E-state index is 11.4. The van der Waals surface area contributed by atoms with Crippen molar-refractivity contribution in [3.05, 3.63) is 28.3 Å². The lowest BCUT2D eigenvalue weighted by Gasteiger charge is -2.12. The van der Waals surface area contributed by atoms with Crippen LogP contribution in [-0.2, 0) is 4.79 Å². The van der Waals surface area contributed by atoms with Crippen molar-refractivity contribution in [3.63, 3.8) is 0 Å². The number of nitrogens with one attached hydrogen (secondary N) is 1. The number of nitrogens with two attached hydrogens (primary N) is 1. The van der Waals surface area contributed by atoms with E-state index < -0.39 is 6.04 Å². The molecule has 0 unspecified atom stereocenters. The molecule has 0 bridgehead atoms. The summed E-state index contributed by atoms with van der Waals surface area (Å²) in [6.45, 7) is 5.48. The molecule has 0 saturated carbocycles. The predicted octanol–water partition coefficient (Wildman–Crippen LogP) is 2.24. The van der Waals surface area contributed by atoms with E-state index in [-0.39, 0.29) is 5.91 Å². The molecular formula is C11H15ClN2O. The van der Waals surface area contributed by atoms with E-state index in [4.69, 9.17) is 17.3 Å². The zero-order chi connectivity index (χ0) is 11.6. The van der Waals surface area contributed by atoms with Crippen LogP contribution in [0.5, 0.6) is 0 Å². The lowest BCUT2D eigenvalue weighted by Crippen LogP contribution is -2.32. The van der Waals surface area contributed by atoms with Crippen LogP contribution in [0.15, 0.2) is 12.1 Å². The second-order valence-corrected chi connectivity index (χ2v) is 4.12. The summed E-state index contributed by atoms with van der Waals surface area (Å²) in [7, 11) is 0. The topological polar surface area (TPSA) is 55.1 Å². The van der Waals surface area contributed by atoms with E-state index in [0.29, 0.717) is 10.7 Å². The largest absolute Gasteiger partial charge is 0.323 e. The van der Waals surface area contributed by atoms with E-state index in [2.05, 4.69) is 5.32 Å². The van der Waals surface area contributed by atoms with Gasteiger partial charge in [0.15, 0.2) is 0 Å². The third-order valence-corrected chi connectivity index (χ3v) is 2.39. The summed E-state index contributed by atoms with van der Waals surface area (Å²) in [5.74, 6) is -0.233. The molecule has 4 heteroatoms. The SMILES string of the molecule is Cc1cc(C)c(NC(=O)[C@@H](C)N)c(Cl)c1. The Labute approximate surface area is 94.6 Å². The first-order valence-corrected chi connectivity index (χ1v) is 5.13. The van der Waals surface area contributed by atoms with Gasteiger partial charge in [0.2, 0.25) is 5.91 Å². The highest BCUT2D eigenvalue weighted by Crippen LogP contribution is 2.27. The number of carbonyl (C=O) groups is 1. The second-order valence-electron chi connectivity index (χ2n) is 3.72. The Morgan fingerprint density at radius 1 is 1.47 bits per heavy atom. The molecule has 82 valence electrons. The number of benzene rings is 1. The monoisotopic (exact) mass is 226 g/mol. The highest BCUT2D eigenvalue weighted by atomic mass is 35.5. The summed E-state index contributed by atoms with van der Waals surface area (Å²) >= 11 is 6.03. The first-order chi connectivity index (χ1) is 6.91. The first-order valence-electron chi connectivity index (χ1n) is 4.75. The van der Waals surface area contributed by atoms with Gasteiger partial charge in [0.1, 0.15) is 0 Å². The standard InChI is InChI=1S/C11H15ClN2O/c1-6-4-7(2)10(9(12)5-6)14-11(15)8(3)13/h4-5,8H,13H2,1-3H3,(H,14,15)/t8-/m1/s1. The van der Waals surface area contributed by atoms with Gasteiger partial charge in [-0.05, 0) is 38.0 Å². The fourth-order valence-corrected chi connectivity index (χ4v) is 1.68. The summed E-state index contributed by atoms with van der Waals surface area (Å²) < 4.78 is 0. The van der Waals surface area contributed by atoms with Crippen LogP contribution in [0.25, 0.3) is 0 Å². The Bertz CT molecular complexity index is 365. The summed E-state index contributed by atoms with van der Waals surface area (Å²) in [5, 5.41) is 3.25. The Morgan fingerprint density at radius 2 is 2.07 bits per heavy atom. The molecule has 3 N–H and O–H groups in total. The molecule has 3 nitrogen and oxygen atoms in total. The Kier molecular flexibility index (Phi) is 3.72. The van der Waals surface area contributed by atoms with Crippen LogP contribution in [0.1, 0.15) is 18.1 Å². The molecule has 0 spiro atoms. The van der Waals surface area contributed by atoms with Crippen LogP contribution < -0.4 is 11.1 Å². The fraction of sp³-hybridized carbons (Fsp3) is 0.364. The van der Waals surface area contributed by atoms with Crippen LogP contribution in [0.3, 0.4) is 0 Å². The fourth-order valence-electron chi connectivity index (χ4n) is 1.31. The third-order valence-electron chi connectivity index (χ3n) is 2.09. The highest BCUT2D eigenvalue weighted by Gasteiger charge is 2.11. The van der Waals surface area contributed by atoms with Crippen molar-refractivity contribution in [1.29, 1.82) is 0 Å². The normalized spacial score (nSPS) is 12.3. The summed E-state index contributed by atoms with van der Waals surface area (Å²) in [6, 6.07) is 3.23. The van der Waals surface area contributed by atoms with E-state index in [1.54, 1.807) is 6.92 Å². The minimum atomic E-state index is -0.540. The van der Waals surface area contributed by atoms with Gasteiger partial charge in [-0.2, -0.15) is 0 Å². The lowest BCUT2D eigenvalue weighted by molar-refractivity contribution is -0.117. The molecule has 1 atom stereocenters. The molecule has 15 heavy (non-hydrogen) atoms. The van der Waals surface area contributed by atoms with E-state index >= 15 is 0 Å². The van der Waals surface area contributed by atoms with Crippen molar-refractivity contribution in [3.8, 4) is 0 Å². The molecule has 0 fully saturated rings. The molecular weight excluding hydrogens is 212 g/mol. The number of halogens is 1. The predicted molar refractivity (Wildman–Crippen MR) is 63.2 cm³/mol. The summed E-state index contributed by atoms with van der Waals surface area (Å²) in [6.07, 6.45) is 0. The number of carbonyl (C=O) groups excluding carboxylic acids is 1. The average Bonchev–Trinajstić information content (AvgIpc) is 2.10. The number of aryl methyl sites for hydroxylation is 2. The highest BCUT2D eigenvalue weighted by molar-refractivity contribution is 6.34. The Hall–Kier alpha value is -1.06. The molecule has 1 rings (SSSR count). The van der Waals surface area contributed by atoms with Gasteiger partial charge in [0.25, 0.3) is 0 Å². The van der Waals surface area contributed by atoms with Gasteiger partial charge >= 0.3 is 0 Å². The zero-order valence-electron chi connectivity index (χ0n) is 9.10. The lowest BCUT2D eigenvalue weighted by atomic mass is 10.1.